The second kappa shape index (κ2) is 7.16. The van der Waals surface area contributed by atoms with Crippen LogP contribution in [0.1, 0.15) is 18.4 Å². The topological polar surface area (TPSA) is 63.4 Å². The number of nitrogens with two attached hydrogens (primary N) is 1. The molecule has 1 aliphatic rings. The Morgan fingerprint density at radius 1 is 1.32 bits per heavy atom. The summed E-state index contributed by atoms with van der Waals surface area (Å²) in [7, 11) is -3.91. The Kier molecular flexibility index (Phi) is 6.26. The minimum atomic E-state index is -4.56. The third-order valence-corrected chi connectivity index (χ3v) is 5.48. The molecule has 4 nitrogen and oxygen atoms in total. The van der Waals surface area contributed by atoms with Gasteiger partial charge in [0, 0.05) is 13.1 Å². The van der Waals surface area contributed by atoms with Gasteiger partial charge < -0.3 is 5.73 Å². The summed E-state index contributed by atoms with van der Waals surface area (Å²) in [6.07, 6.45) is -3.06. The van der Waals surface area contributed by atoms with Crippen LogP contribution in [0.25, 0.3) is 0 Å². The van der Waals surface area contributed by atoms with Crippen molar-refractivity contribution in [2.45, 2.75) is 23.9 Å². The lowest BCUT2D eigenvalue weighted by Gasteiger charge is -2.31. The van der Waals surface area contributed by atoms with Crippen molar-refractivity contribution in [3.05, 3.63) is 29.8 Å². The molecule has 1 heterocycles. The lowest BCUT2D eigenvalue weighted by atomic mass is 10.0. The molecule has 0 bridgehead atoms. The molecule has 1 aromatic carbocycles. The highest BCUT2D eigenvalue weighted by Crippen LogP contribution is 2.31. The zero-order valence-electron chi connectivity index (χ0n) is 11.7. The Balaban J connectivity index is 0.00000242. The van der Waals surface area contributed by atoms with E-state index in [0.717, 1.165) is 18.6 Å². The highest BCUT2D eigenvalue weighted by Gasteiger charge is 2.34. The minimum absolute atomic E-state index is 0. The number of sulfonamides is 1. The number of nitrogens with zero attached hydrogens (tertiary/aromatic N) is 1. The van der Waals surface area contributed by atoms with E-state index in [1.165, 1.54) is 10.4 Å². The van der Waals surface area contributed by atoms with E-state index < -0.39 is 21.8 Å². The summed E-state index contributed by atoms with van der Waals surface area (Å²) in [5.41, 5.74) is 4.60. The van der Waals surface area contributed by atoms with E-state index in [9.17, 15) is 21.6 Å². The number of hydrogen-bond donors (Lipinski definition) is 1. The molecule has 0 radical (unpaired) electrons. The van der Waals surface area contributed by atoms with Crippen molar-refractivity contribution in [1.29, 1.82) is 0 Å². The molecule has 1 aliphatic heterocycles. The van der Waals surface area contributed by atoms with Crippen molar-refractivity contribution in [3.8, 4) is 0 Å². The zero-order valence-corrected chi connectivity index (χ0v) is 13.3. The van der Waals surface area contributed by atoms with E-state index in [1.807, 2.05) is 0 Å². The number of hydrogen-bond acceptors (Lipinski definition) is 3. The molecular weight excluding hydrogens is 341 g/mol. The maximum atomic E-state index is 12.7. The number of alkyl halides is 3. The molecular formula is C13H18ClF3N2O2S. The summed E-state index contributed by atoms with van der Waals surface area (Å²) in [4.78, 5) is -0.324. The van der Waals surface area contributed by atoms with E-state index in [2.05, 4.69) is 0 Å². The van der Waals surface area contributed by atoms with Crippen molar-refractivity contribution in [1.82, 2.24) is 4.31 Å². The Labute approximate surface area is 133 Å². The standard InChI is InChI=1S/C13H17F3N2O2S.ClH/c14-13(15,16)11-4-1-5-12(7-11)21(19,20)18-6-2-3-10(8-17)9-18;/h1,4-5,7,10H,2-3,6,8-9,17H2;1H. The average Bonchev–Trinajstić information content (AvgIpc) is 2.46. The Morgan fingerprint density at radius 3 is 2.59 bits per heavy atom. The Morgan fingerprint density at radius 2 is 2.00 bits per heavy atom. The molecule has 1 saturated heterocycles. The predicted octanol–water partition coefficient (Wildman–Crippen LogP) is 2.49. The fraction of sp³-hybridized carbons (Fsp3) is 0.538. The van der Waals surface area contributed by atoms with Crippen LogP contribution in [0.5, 0.6) is 0 Å². The van der Waals surface area contributed by atoms with Crippen LogP contribution in [0.3, 0.4) is 0 Å². The zero-order chi connectivity index (χ0) is 15.7. The third kappa shape index (κ3) is 4.13. The van der Waals surface area contributed by atoms with Gasteiger partial charge in [0.1, 0.15) is 0 Å². The van der Waals surface area contributed by atoms with Gasteiger partial charge in [0.05, 0.1) is 10.5 Å². The van der Waals surface area contributed by atoms with Crippen LogP contribution in [0.4, 0.5) is 13.2 Å². The van der Waals surface area contributed by atoms with Crippen molar-refractivity contribution >= 4 is 22.4 Å². The summed E-state index contributed by atoms with van der Waals surface area (Å²) in [6, 6.07) is 3.84. The molecule has 0 spiro atoms. The summed E-state index contributed by atoms with van der Waals surface area (Å²) >= 11 is 0. The van der Waals surface area contributed by atoms with Gasteiger partial charge in [0.2, 0.25) is 10.0 Å². The van der Waals surface area contributed by atoms with E-state index in [-0.39, 0.29) is 29.8 Å². The Bertz CT molecular complexity index is 608. The first-order valence-corrected chi connectivity index (χ1v) is 8.06. The molecule has 1 fully saturated rings. The molecule has 2 N–H and O–H groups in total. The van der Waals surface area contributed by atoms with E-state index in [4.69, 9.17) is 5.73 Å². The second-order valence-corrected chi connectivity index (χ2v) is 7.07. The van der Waals surface area contributed by atoms with Crippen molar-refractivity contribution in [2.24, 2.45) is 11.7 Å². The van der Waals surface area contributed by atoms with Crippen LogP contribution in [-0.2, 0) is 16.2 Å². The molecule has 1 atom stereocenters. The van der Waals surface area contributed by atoms with E-state index >= 15 is 0 Å². The maximum absolute atomic E-state index is 12.7. The number of benzene rings is 1. The number of rotatable bonds is 3. The fourth-order valence-electron chi connectivity index (χ4n) is 2.42. The molecule has 1 aromatic rings. The first-order chi connectivity index (χ1) is 9.75. The van der Waals surface area contributed by atoms with Crippen LogP contribution in [0.2, 0.25) is 0 Å². The molecule has 0 aromatic heterocycles. The van der Waals surface area contributed by atoms with E-state index in [1.54, 1.807) is 0 Å². The molecule has 2 rings (SSSR count). The lowest BCUT2D eigenvalue weighted by Crippen LogP contribution is -2.42. The normalized spacial score (nSPS) is 20.5. The quantitative estimate of drug-likeness (QED) is 0.902. The van der Waals surface area contributed by atoms with E-state index in [0.29, 0.717) is 25.6 Å². The smallest absolute Gasteiger partial charge is 0.330 e. The van der Waals surface area contributed by atoms with Crippen LogP contribution in [-0.4, -0.2) is 32.4 Å². The second-order valence-electron chi connectivity index (χ2n) is 5.13. The lowest BCUT2D eigenvalue weighted by molar-refractivity contribution is -0.137. The van der Waals surface area contributed by atoms with Gasteiger partial charge in [-0.25, -0.2) is 8.42 Å². The summed E-state index contributed by atoms with van der Waals surface area (Å²) in [5.74, 6) is 0.0549. The first-order valence-electron chi connectivity index (χ1n) is 6.62. The van der Waals surface area contributed by atoms with Crippen molar-refractivity contribution < 1.29 is 21.6 Å². The van der Waals surface area contributed by atoms with Gasteiger partial charge >= 0.3 is 6.18 Å². The summed E-state index contributed by atoms with van der Waals surface area (Å²) in [5, 5.41) is 0. The van der Waals surface area contributed by atoms with Crippen LogP contribution >= 0.6 is 12.4 Å². The number of piperidine rings is 1. The molecule has 0 saturated carbocycles. The van der Waals surface area contributed by atoms with Gasteiger partial charge in [-0.3, -0.25) is 0 Å². The highest BCUT2D eigenvalue weighted by molar-refractivity contribution is 7.89. The van der Waals surface area contributed by atoms with Crippen molar-refractivity contribution in [2.75, 3.05) is 19.6 Å². The van der Waals surface area contributed by atoms with Gasteiger partial charge in [-0.15, -0.1) is 12.4 Å². The molecule has 0 aliphatic carbocycles. The van der Waals surface area contributed by atoms with Crippen LogP contribution in [0.15, 0.2) is 29.2 Å². The maximum Gasteiger partial charge on any atom is 0.416 e. The third-order valence-electron chi connectivity index (χ3n) is 3.61. The fourth-order valence-corrected chi connectivity index (χ4v) is 4.02. The number of halogens is 4. The SMILES string of the molecule is Cl.NCC1CCCN(S(=O)(=O)c2cccc(C(F)(F)F)c2)C1. The minimum Gasteiger partial charge on any atom is -0.330 e. The van der Waals surface area contributed by atoms with Gasteiger partial charge in [-0.05, 0) is 43.5 Å². The summed E-state index contributed by atoms with van der Waals surface area (Å²) < 4.78 is 64.2. The monoisotopic (exact) mass is 358 g/mol. The molecule has 1 unspecified atom stereocenters. The largest absolute Gasteiger partial charge is 0.416 e. The highest BCUT2D eigenvalue weighted by atomic mass is 35.5. The summed E-state index contributed by atoms with van der Waals surface area (Å²) in [6.45, 7) is 0.943. The van der Waals surface area contributed by atoms with Gasteiger partial charge in [-0.1, -0.05) is 6.07 Å². The molecule has 22 heavy (non-hydrogen) atoms. The van der Waals surface area contributed by atoms with Gasteiger partial charge in [-0.2, -0.15) is 17.5 Å². The average molecular weight is 359 g/mol. The van der Waals surface area contributed by atoms with Crippen molar-refractivity contribution in [3.63, 3.8) is 0 Å². The van der Waals surface area contributed by atoms with Crippen LogP contribution in [0, 0.1) is 5.92 Å². The van der Waals surface area contributed by atoms with Crippen LogP contribution < -0.4 is 5.73 Å². The molecule has 0 amide bonds. The molecule has 126 valence electrons. The first kappa shape index (κ1) is 19.2. The van der Waals surface area contributed by atoms with Gasteiger partial charge in [0.15, 0.2) is 0 Å². The van der Waals surface area contributed by atoms with Gasteiger partial charge in [0.25, 0.3) is 0 Å². The molecule has 9 heteroatoms. The predicted molar refractivity (Wildman–Crippen MR) is 79.2 cm³/mol. The Hall–Kier alpha value is -0.830.